The molecule has 0 radical (unpaired) electrons. The van der Waals surface area contributed by atoms with E-state index in [0.717, 1.165) is 43.4 Å². The van der Waals surface area contributed by atoms with Crippen LogP contribution in [0.1, 0.15) is 42.4 Å². The van der Waals surface area contributed by atoms with Gasteiger partial charge in [0.2, 0.25) is 5.95 Å². The van der Waals surface area contributed by atoms with Gasteiger partial charge in [0.1, 0.15) is 5.82 Å². The van der Waals surface area contributed by atoms with Gasteiger partial charge >= 0.3 is 0 Å². The van der Waals surface area contributed by atoms with Crippen LogP contribution in [0.2, 0.25) is 0 Å². The largest absolute Gasteiger partial charge is 0.354 e. The minimum Gasteiger partial charge on any atom is -0.354 e. The van der Waals surface area contributed by atoms with Crippen LogP contribution in [-0.2, 0) is 6.42 Å². The number of fused-ring (bicyclic) bond motifs is 1. The Labute approximate surface area is 130 Å². The van der Waals surface area contributed by atoms with Gasteiger partial charge in [-0.3, -0.25) is 0 Å². The van der Waals surface area contributed by atoms with Gasteiger partial charge in [0.05, 0.1) is 6.04 Å². The standard InChI is InChI=1S/C16H22N4S/c1-4-7-17-16-18-11(2)10-15(19-16)20-8-5-14-13(12(20)3)6-9-21-14/h6,9-10,12H,4-5,7-8H2,1-3H3,(H,17,18,19). The third-order valence-corrected chi connectivity index (χ3v) is 4.94. The molecule has 2 aromatic rings. The molecule has 0 fully saturated rings. The molecule has 1 aliphatic rings. The molecule has 21 heavy (non-hydrogen) atoms. The van der Waals surface area contributed by atoms with Gasteiger partial charge in [-0.15, -0.1) is 11.3 Å². The first-order valence-corrected chi connectivity index (χ1v) is 8.49. The van der Waals surface area contributed by atoms with Gasteiger partial charge < -0.3 is 10.2 Å². The summed E-state index contributed by atoms with van der Waals surface area (Å²) in [6.45, 7) is 8.38. The number of thiophene rings is 1. The van der Waals surface area contributed by atoms with Crippen molar-refractivity contribution in [3.05, 3.63) is 33.6 Å². The van der Waals surface area contributed by atoms with E-state index in [1.54, 1.807) is 0 Å². The van der Waals surface area contributed by atoms with Crippen molar-refractivity contribution in [1.82, 2.24) is 9.97 Å². The van der Waals surface area contributed by atoms with Crippen LogP contribution in [0.5, 0.6) is 0 Å². The third-order valence-electron chi connectivity index (χ3n) is 3.95. The summed E-state index contributed by atoms with van der Waals surface area (Å²) in [6, 6.07) is 4.72. The smallest absolute Gasteiger partial charge is 0.224 e. The summed E-state index contributed by atoms with van der Waals surface area (Å²) < 4.78 is 0. The van der Waals surface area contributed by atoms with E-state index < -0.39 is 0 Å². The highest BCUT2D eigenvalue weighted by atomic mass is 32.1. The Hall–Kier alpha value is -1.62. The zero-order valence-corrected chi connectivity index (χ0v) is 13.7. The van der Waals surface area contributed by atoms with Gasteiger partial charge in [-0.2, -0.15) is 4.98 Å². The molecule has 0 bridgehead atoms. The molecule has 1 N–H and O–H groups in total. The molecule has 5 heteroatoms. The minimum atomic E-state index is 0.383. The second kappa shape index (κ2) is 6.02. The van der Waals surface area contributed by atoms with Gasteiger partial charge in [0.15, 0.2) is 0 Å². The Bertz CT molecular complexity index is 622. The number of hydrogen-bond donors (Lipinski definition) is 1. The highest BCUT2D eigenvalue weighted by molar-refractivity contribution is 7.10. The van der Waals surface area contributed by atoms with E-state index in [4.69, 9.17) is 4.98 Å². The molecular weight excluding hydrogens is 280 g/mol. The van der Waals surface area contributed by atoms with Gasteiger partial charge in [0, 0.05) is 29.7 Å². The lowest BCUT2D eigenvalue weighted by atomic mass is 10.0. The number of nitrogens with one attached hydrogen (secondary N) is 1. The average molecular weight is 302 g/mol. The number of nitrogens with zero attached hydrogens (tertiary/aromatic N) is 3. The molecule has 1 unspecified atom stereocenters. The van der Waals surface area contributed by atoms with Gasteiger partial charge in [-0.1, -0.05) is 6.92 Å². The van der Waals surface area contributed by atoms with E-state index in [1.807, 2.05) is 18.3 Å². The molecule has 112 valence electrons. The number of anilines is 2. The summed E-state index contributed by atoms with van der Waals surface area (Å²) in [6.07, 6.45) is 2.18. The number of aromatic nitrogens is 2. The summed E-state index contributed by atoms with van der Waals surface area (Å²) in [7, 11) is 0. The van der Waals surface area contributed by atoms with E-state index in [1.165, 1.54) is 10.4 Å². The second-order valence-electron chi connectivity index (χ2n) is 5.54. The Kier molecular flexibility index (Phi) is 4.10. The summed E-state index contributed by atoms with van der Waals surface area (Å²) in [5.74, 6) is 1.78. The molecule has 1 aliphatic heterocycles. The molecule has 0 spiro atoms. The summed E-state index contributed by atoms with van der Waals surface area (Å²) in [4.78, 5) is 13.1. The lowest BCUT2D eigenvalue weighted by Gasteiger charge is -2.34. The van der Waals surface area contributed by atoms with E-state index >= 15 is 0 Å². The molecular formula is C16H22N4S. The molecule has 1 atom stereocenters. The quantitative estimate of drug-likeness (QED) is 0.933. The van der Waals surface area contributed by atoms with Crippen LogP contribution in [0.25, 0.3) is 0 Å². The van der Waals surface area contributed by atoms with E-state index in [2.05, 4.69) is 46.6 Å². The third kappa shape index (κ3) is 2.88. The van der Waals surface area contributed by atoms with E-state index in [0.29, 0.717) is 6.04 Å². The molecule has 3 heterocycles. The molecule has 0 aliphatic carbocycles. The molecule has 2 aromatic heterocycles. The zero-order chi connectivity index (χ0) is 14.8. The first kappa shape index (κ1) is 14.3. The van der Waals surface area contributed by atoms with Crippen molar-refractivity contribution >= 4 is 23.1 Å². The molecule has 0 saturated carbocycles. The van der Waals surface area contributed by atoms with Crippen molar-refractivity contribution in [2.45, 2.75) is 39.7 Å². The normalized spacial score (nSPS) is 17.7. The number of hydrogen-bond acceptors (Lipinski definition) is 5. The highest BCUT2D eigenvalue weighted by Gasteiger charge is 2.26. The summed E-state index contributed by atoms with van der Waals surface area (Å²) in [5.41, 5.74) is 2.47. The van der Waals surface area contributed by atoms with Crippen LogP contribution in [0.4, 0.5) is 11.8 Å². The van der Waals surface area contributed by atoms with E-state index in [-0.39, 0.29) is 0 Å². The minimum absolute atomic E-state index is 0.383. The maximum absolute atomic E-state index is 4.71. The SMILES string of the molecule is CCCNc1nc(C)cc(N2CCc3sccc3C2C)n1. The van der Waals surface area contributed by atoms with Crippen molar-refractivity contribution < 1.29 is 0 Å². The maximum Gasteiger partial charge on any atom is 0.224 e. The van der Waals surface area contributed by atoms with Crippen LogP contribution < -0.4 is 10.2 Å². The Balaban J connectivity index is 1.88. The lowest BCUT2D eigenvalue weighted by molar-refractivity contribution is 0.624. The van der Waals surface area contributed by atoms with Crippen LogP contribution in [0, 0.1) is 6.92 Å². The molecule has 0 saturated heterocycles. The fourth-order valence-corrected chi connectivity index (χ4v) is 3.80. The predicted molar refractivity (Wildman–Crippen MR) is 89.3 cm³/mol. The van der Waals surface area contributed by atoms with Gasteiger partial charge in [0.25, 0.3) is 0 Å². The maximum atomic E-state index is 4.71. The monoisotopic (exact) mass is 302 g/mol. The van der Waals surface area contributed by atoms with Crippen molar-refractivity contribution in [2.24, 2.45) is 0 Å². The van der Waals surface area contributed by atoms with Gasteiger partial charge in [-0.05, 0) is 43.7 Å². The van der Waals surface area contributed by atoms with Crippen molar-refractivity contribution in [1.29, 1.82) is 0 Å². The molecule has 0 amide bonds. The molecule has 4 nitrogen and oxygen atoms in total. The van der Waals surface area contributed by atoms with Crippen molar-refractivity contribution in [3.63, 3.8) is 0 Å². The van der Waals surface area contributed by atoms with Crippen molar-refractivity contribution in [3.8, 4) is 0 Å². The predicted octanol–water partition coefficient (Wildman–Crippen LogP) is 3.79. The summed E-state index contributed by atoms with van der Waals surface area (Å²) >= 11 is 1.87. The number of rotatable bonds is 4. The Morgan fingerprint density at radius 3 is 3.10 bits per heavy atom. The van der Waals surface area contributed by atoms with Crippen LogP contribution in [0.15, 0.2) is 17.5 Å². The average Bonchev–Trinajstić information content (AvgIpc) is 2.94. The lowest BCUT2D eigenvalue weighted by Crippen LogP contribution is -2.34. The first-order valence-electron chi connectivity index (χ1n) is 7.61. The van der Waals surface area contributed by atoms with E-state index in [9.17, 15) is 0 Å². The van der Waals surface area contributed by atoms with Crippen LogP contribution in [-0.4, -0.2) is 23.1 Å². The second-order valence-corrected chi connectivity index (χ2v) is 6.54. The Morgan fingerprint density at radius 1 is 1.43 bits per heavy atom. The Morgan fingerprint density at radius 2 is 2.29 bits per heavy atom. The fourth-order valence-electron chi connectivity index (χ4n) is 2.84. The van der Waals surface area contributed by atoms with Gasteiger partial charge in [-0.25, -0.2) is 4.98 Å². The molecule has 3 rings (SSSR count). The molecule has 0 aromatic carbocycles. The topological polar surface area (TPSA) is 41.1 Å². The first-order chi connectivity index (χ1) is 10.2. The van der Waals surface area contributed by atoms with Crippen molar-refractivity contribution in [2.75, 3.05) is 23.3 Å². The zero-order valence-electron chi connectivity index (χ0n) is 12.9. The fraction of sp³-hybridized carbons (Fsp3) is 0.500. The van der Waals surface area contributed by atoms with Crippen LogP contribution in [0.3, 0.4) is 0 Å². The highest BCUT2D eigenvalue weighted by Crippen LogP contribution is 2.35. The summed E-state index contributed by atoms with van der Waals surface area (Å²) in [5, 5.41) is 5.50. The van der Waals surface area contributed by atoms with Crippen LogP contribution >= 0.6 is 11.3 Å². The number of aryl methyl sites for hydroxylation is 1.